The summed E-state index contributed by atoms with van der Waals surface area (Å²) in [7, 11) is 0. The fraction of sp³-hybridized carbons (Fsp3) is 0.583. The summed E-state index contributed by atoms with van der Waals surface area (Å²) in [4.78, 5) is 15.7. The monoisotopic (exact) mass is 236 g/mol. The normalized spacial score (nSPS) is 24.5. The predicted molar refractivity (Wildman–Crippen MR) is 64.4 cm³/mol. The second-order valence-electron chi connectivity index (χ2n) is 4.57. The fourth-order valence-corrected chi connectivity index (χ4v) is 3.45. The Morgan fingerprint density at radius 2 is 2.50 bits per heavy atom. The van der Waals surface area contributed by atoms with Crippen LogP contribution in [0.15, 0.2) is 11.4 Å². The van der Waals surface area contributed by atoms with E-state index in [4.69, 9.17) is 0 Å². The van der Waals surface area contributed by atoms with Gasteiger partial charge in [0.25, 0.3) is 0 Å². The lowest BCUT2D eigenvalue weighted by molar-refractivity contribution is -0.135. The van der Waals surface area contributed by atoms with Crippen LogP contribution >= 0.6 is 11.3 Å². The highest BCUT2D eigenvalue weighted by atomic mass is 32.1. The Hall–Kier alpha value is -0.870. The summed E-state index contributed by atoms with van der Waals surface area (Å²) < 4.78 is 0. The molecule has 1 aromatic heterocycles. The molecule has 1 amide bonds. The molecule has 0 radical (unpaired) electrons. The van der Waals surface area contributed by atoms with E-state index in [1.807, 2.05) is 16.2 Å². The summed E-state index contributed by atoms with van der Waals surface area (Å²) in [6, 6.07) is 2.16. The molecule has 0 aromatic carbocycles. The molecule has 3 nitrogen and oxygen atoms in total. The van der Waals surface area contributed by atoms with Crippen LogP contribution in [0.1, 0.15) is 16.9 Å². The number of nitrogens with zero attached hydrogens (tertiary/aromatic N) is 1. The number of carbonyl (C=O) groups is 1. The predicted octanol–water partition coefficient (Wildman–Crippen LogP) is 1.24. The van der Waals surface area contributed by atoms with Crippen molar-refractivity contribution in [1.82, 2.24) is 10.2 Å². The minimum absolute atomic E-state index is 0.222. The maximum Gasteiger partial charge on any atom is 0.227 e. The van der Waals surface area contributed by atoms with Gasteiger partial charge in [0.2, 0.25) is 5.91 Å². The van der Waals surface area contributed by atoms with E-state index in [1.54, 1.807) is 0 Å². The number of rotatable bonds is 1. The van der Waals surface area contributed by atoms with Gasteiger partial charge in [-0.05, 0) is 36.4 Å². The molecule has 1 fully saturated rings. The molecule has 0 saturated carbocycles. The van der Waals surface area contributed by atoms with Crippen molar-refractivity contribution in [2.24, 2.45) is 5.92 Å². The van der Waals surface area contributed by atoms with Crippen molar-refractivity contribution in [3.63, 3.8) is 0 Å². The first-order chi connectivity index (χ1) is 7.84. The maximum absolute atomic E-state index is 12.2. The van der Waals surface area contributed by atoms with Crippen LogP contribution in [0.5, 0.6) is 0 Å². The Bertz CT molecular complexity index is 395. The molecule has 16 heavy (non-hydrogen) atoms. The van der Waals surface area contributed by atoms with Crippen LogP contribution in [-0.2, 0) is 17.8 Å². The van der Waals surface area contributed by atoms with Crippen molar-refractivity contribution in [3.8, 4) is 0 Å². The molecule has 1 saturated heterocycles. The number of amides is 1. The topological polar surface area (TPSA) is 32.3 Å². The number of thiophene rings is 1. The SMILES string of the molecule is O=C(C1CCNC1)N1CCc2sccc2C1. The van der Waals surface area contributed by atoms with Crippen molar-refractivity contribution in [1.29, 1.82) is 0 Å². The first-order valence-corrected chi connectivity index (χ1v) is 6.77. The molecule has 2 aliphatic heterocycles. The van der Waals surface area contributed by atoms with Crippen molar-refractivity contribution >= 4 is 17.2 Å². The fourth-order valence-electron chi connectivity index (χ4n) is 2.56. The molecule has 0 aliphatic carbocycles. The van der Waals surface area contributed by atoms with Gasteiger partial charge < -0.3 is 10.2 Å². The zero-order valence-corrected chi connectivity index (χ0v) is 10.1. The Balaban J connectivity index is 1.71. The molecule has 1 unspecified atom stereocenters. The highest BCUT2D eigenvalue weighted by Gasteiger charge is 2.29. The van der Waals surface area contributed by atoms with Crippen molar-refractivity contribution in [2.45, 2.75) is 19.4 Å². The molecule has 2 aliphatic rings. The van der Waals surface area contributed by atoms with Gasteiger partial charge in [0, 0.05) is 24.5 Å². The Kier molecular flexibility index (Phi) is 2.69. The maximum atomic E-state index is 12.2. The summed E-state index contributed by atoms with van der Waals surface area (Å²) in [5.74, 6) is 0.571. The number of fused-ring (bicyclic) bond motifs is 1. The van der Waals surface area contributed by atoms with Gasteiger partial charge in [0.15, 0.2) is 0 Å². The van der Waals surface area contributed by atoms with Gasteiger partial charge in [0.05, 0.1) is 5.92 Å². The van der Waals surface area contributed by atoms with Gasteiger partial charge in [-0.1, -0.05) is 0 Å². The van der Waals surface area contributed by atoms with E-state index in [1.165, 1.54) is 10.4 Å². The summed E-state index contributed by atoms with van der Waals surface area (Å²) in [6.07, 6.45) is 2.05. The van der Waals surface area contributed by atoms with Crippen LogP contribution in [0.4, 0.5) is 0 Å². The number of hydrogen-bond acceptors (Lipinski definition) is 3. The zero-order valence-electron chi connectivity index (χ0n) is 9.24. The van der Waals surface area contributed by atoms with Crippen LogP contribution < -0.4 is 5.32 Å². The second-order valence-corrected chi connectivity index (χ2v) is 5.57. The molecule has 0 spiro atoms. The second kappa shape index (κ2) is 4.18. The van der Waals surface area contributed by atoms with E-state index in [2.05, 4.69) is 16.8 Å². The molecule has 1 aromatic rings. The average molecular weight is 236 g/mol. The zero-order chi connectivity index (χ0) is 11.0. The first-order valence-electron chi connectivity index (χ1n) is 5.89. The number of carbonyl (C=O) groups excluding carboxylic acids is 1. The van der Waals surface area contributed by atoms with Crippen molar-refractivity contribution in [3.05, 3.63) is 21.9 Å². The van der Waals surface area contributed by atoms with Crippen molar-refractivity contribution in [2.75, 3.05) is 19.6 Å². The van der Waals surface area contributed by atoms with Gasteiger partial charge in [-0.25, -0.2) is 0 Å². The molecular formula is C12H16N2OS. The Morgan fingerprint density at radius 3 is 3.31 bits per heavy atom. The number of nitrogens with one attached hydrogen (secondary N) is 1. The lowest BCUT2D eigenvalue weighted by atomic mass is 10.0. The van der Waals surface area contributed by atoms with Gasteiger partial charge in [-0.3, -0.25) is 4.79 Å². The average Bonchev–Trinajstić information content (AvgIpc) is 2.98. The van der Waals surface area contributed by atoms with E-state index in [0.717, 1.165) is 39.0 Å². The van der Waals surface area contributed by atoms with E-state index in [-0.39, 0.29) is 5.92 Å². The Labute approximate surface area is 99.5 Å². The van der Waals surface area contributed by atoms with Crippen LogP contribution in [0.3, 0.4) is 0 Å². The minimum atomic E-state index is 0.222. The quantitative estimate of drug-likeness (QED) is 0.795. The van der Waals surface area contributed by atoms with Gasteiger partial charge >= 0.3 is 0 Å². The largest absolute Gasteiger partial charge is 0.338 e. The van der Waals surface area contributed by atoms with Gasteiger partial charge in [-0.2, -0.15) is 0 Å². The summed E-state index contributed by atoms with van der Waals surface area (Å²) in [5, 5.41) is 5.40. The molecule has 0 bridgehead atoms. The highest BCUT2D eigenvalue weighted by molar-refractivity contribution is 7.10. The van der Waals surface area contributed by atoms with Crippen molar-refractivity contribution < 1.29 is 4.79 Å². The molecule has 1 N–H and O–H groups in total. The van der Waals surface area contributed by atoms with Crippen LogP contribution in [0.25, 0.3) is 0 Å². The third-order valence-corrected chi connectivity index (χ3v) is 4.55. The third kappa shape index (κ3) is 1.76. The van der Waals surface area contributed by atoms with Crippen LogP contribution in [-0.4, -0.2) is 30.4 Å². The molecular weight excluding hydrogens is 220 g/mol. The third-order valence-electron chi connectivity index (χ3n) is 3.53. The molecule has 4 heteroatoms. The van der Waals surface area contributed by atoms with E-state index >= 15 is 0 Å². The van der Waals surface area contributed by atoms with E-state index in [9.17, 15) is 4.79 Å². The molecule has 86 valence electrons. The molecule has 3 heterocycles. The Morgan fingerprint density at radius 1 is 1.56 bits per heavy atom. The summed E-state index contributed by atoms with van der Waals surface area (Å²) in [6.45, 7) is 3.59. The molecule has 1 atom stereocenters. The first kappa shape index (κ1) is 10.3. The number of hydrogen-bond donors (Lipinski definition) is 1. The lowest BCUT2D eigenvalue weighted by Gasteiger charge is -2.29. The summed E-state index contributed by atoms with van der Waals surface area (Å²) >= 11 is 1.82. The summed E-state index contributed by atoms with van der Waals surface area (Å²) in [5.41, 5.74) is 1.36. The van der Waals surface area contributed by atoms with Crippen LogP contribution in [0.2, 0.25) is 0 Å². The van der Waals surface area contributed by atoms with E-state index < -0.39 is 0 Å². The van der Waals surface area contributed by atoms with Gasteiger partial charge in [0.1, 0.15) is 0 Å². The molecule has 3 rings (SSSR count). The minimum Gasteiger partial charge on any atom is -0.338 e. The lowest BCUT2D eigenvalue weighted by Crippen LogP contribution is -2.39. The van der Waals surface area contributed by atoms with Crippen LogP contribution in [0, 0.1) is 5.92 Å². The smallest absolute Gasteiger partial charge is 0.227 e. The standard InChI is InChI=1S/C12H16N2OS/c15-12(9-1-4-13-7-9)14-5-2-11-10(8-14)3-6-16-11/h3,6,9,13H,1-2,4-5,7-8H2. The van der Waals surface area contributed by atoms with Gasteiger partial charge in [-0.15, -0.1) is 11.3 Å². The highest BCUT2D eigenvalue weighted by Crippen LogP contribution is 2.25. The van der Waals surface area contributed by atoms with E-state index in [0.29, 0.717) is 5.91 Å².